The molecule has 17 N–H and O–H groups in total. The fourth-order valence-corrected chi connectivity index (χ4v) is 16.6. The number of nitrogens with two attached hydrogens (primary N) is 6. The molecule has 0 radical (unpaired) electrons. The third-order valence-electron chi connectivity index (χ3n) is 20.6. The normalized spacial score (nSPS) is 32.8. The Bertz CT molecular complexity index is 3540. The number of aryl methyl sites for hydroxylation is 2. The number of carbonyl (C=O) groups excluding carboxylic acids is 7. The van der Waals surface area contributed by atoms with Crippen LogP contribution in [0.3, 0.4) is 0 Å². The Morgan fingerprint density at radius 1 is 0.800 bits per heavy atom. The summed E-state index contributed by atoms with van der Waals surface area (Å²) < 4.78 is 32.3. The van der Waals surface area contributed by atoms with E-state index in [1.165, 1.54) is 13.3 Å². The van der Waals surface area contributed by atoms with Crippen LogP contribution in [0.1, 0.15) is 150 Å². The summed E-state index contributed by atoms with van der Waals surface area (Å²) in [6, 6.07) is 2.70. The molecule has 6 aliphatic rings. The van der Waals surface area contributed by atoms with E-state index in [2.05, 4.69) is 15.6 Å². The van der Waals surface area contributed by atoms with Gasteiger partial charge in [0.25, 0.3) is 0 Å². The molecule has 2 saturated heterocycles. The summed E-state index contributed by atoms with van der Waals surface area (Å²) >= 11 is 0. The number of fused-ring (bicyclic) bond motifs is 7. The number of aliphatic hydroxyl groups excluding tert-OH is 2. The topological polar surface area (TPSA) is 460 Å². The number of primary amides is 6. The Hall–Kier alpha value is -7.00. The number of aromatic nitrogens is 2. The number of carbonyl (C=O) groups is 7. The van der Waals surface area contributed by atoms with E-state index in [9.17, 15) is 53.2 Å². The van der Waals surface area contributed by atoms with Crippen molar-refractivity contribution in [1.82, 2.24) is 20.2 Å². The van der Waals surface area contributed by atoms with E-state index >= 15 is 0 Å². The van der Waals surface area contributed by atoms with Gasteiger partial charge in [-0.05, 0) is 108 Å². The number of benzene rings is 1. The van der Waals surface area contributed by atoms with Gasteiger partial charge in [-0.25, -0.2) is 9.55 Å². The van der Waals surface area contributed by atoms with Crippen LogP contribution < -0.4 is 45.0 Å². The minimum atomic E-state index is -5.07. The number of hydrogen-bond donors (Lipinski definition) is 11. The summed E-state index contributed by atoms with van der Waals surface area (Å²) in [5, 5.41) is 28.2. The second kappa shape index (κ2) is 25.6. The Labute approximate surface area is 523 Å². The van der Waals surface area contributed by atoms with Gasteiger partial charge in [0.15, 0.2) is 6.23 Å². The van der Waals surface area contributed by atoms with Gasteiger partial charge in [-0.2, -0.15) is 0 Å². The minimum Gasteiger partial charge on any atom is -0.394 e. The van der Waals surface area contributed by atoms with Crippen molar-refractivity contribution >= 4 is 77.3 Å². The summed E-state index contributed by atoms with van der Waals surface area (Å²) in [6.45, 7) is 19.3. The van der Waals surface area contributed by atoms with Gasteiger partial charge in [-0.3, -0.25) is 57.6 Å². The molecule has 6 aliphatic heterocycles. The van der Waals surface area contributed by atoms with E-state index in [4.69, 9.17) is 63.2 Å². The largest absolute Gasteiger partial charge is 0.472 e. The molecule has 15 atom stereocenters. The number of ether oxygens (including phenoxy) is 1. The molecule has 8 rings (SSSR count). The van der Waals surface area contributed by atoms with Crippen LogP contribution in [0.15, 0.2) is 67.8 Å². The third-order valence-corrected chi connectivity index (χ3v) is 21.7. The van der Waals surface area contributed by atoms with E-state index in [-0.39, 0.29) is 77.2 Å². The number of nitrogens with one attached hydrogen (secondary N) is 2. The van der Waals surface area contributed by atoms with Gasteiger partial charge in [0, 0.05) is 131 Å². The highest BCUT2D eigenvalue weighted by molar-refractivity contribution is 7.47. The SMILES string of the molecule is CC1=C2N=C(C=C3N/C(=C(\C)C4=N[C@@](C)([C@@H]5N=C1[C@](C)(CCC(=O)NC[C@@H](C)OP(=O)(O)O[C@H]1[C@@H](O)[C@@H](n6cnc7cc(C)c(C)cc76)O[C@@H]1CO)[C@H]5CC(N)=O)[C@@](C)(CC(N)=O)[C@@H]4CCC(N)=O)[C@@](C)(CC(N)=O)[C@@H]3CCC(N)=O)C(C)(C)[C@@H]2CCC(N)=O. The highest BCUT2D eigenvalue weighted by Crippen LogP contribution is 2.63. The van der Waals surface area contributed by atoms with Gasteiger partial charge in [-0.15, -0.1) is 0 Å². The quantitative estimate of drug-likeness (QED) is 0.0603. The molecule has 0 spiro atoms. The molecule has 1 unspecified atom stereocenters. The monoisotopic (exact) mass is 1270 g/mol. The molecule has 2 fully saturated rings. The predicted octanol–water partition coefficient (Wildman–Crippen LogP) is 3.16. The van der Waals surface area contributed by atoms with E-state index in [0.717, 1.165) is 11.1 Å². The highest BCUT2D eigenvalue weighted by Gasteiger charge is 2.66. The average molecular weight is 1270 g/mol. The standard InChI is InChI=1S/C62H90N13O14P/c1-29-20-39-40(21-30(29)2)75(28-70-39)57-52(84)53(41(27-76)87-57)89-90(85,86)88-31(3)26-69-49(83)18-19-59(8)37(22-46(66)80)56-62(11)61(10,25-48(68)82)36(14-17-45(65)79)51(74-62)33(5)55-60(9,24-47(67)81)34(12-15-43(63)77)38(71-55)23-42-58(6,7)35(13-16-44(64)78)50(72-42)32(4)54(59)73-56/h20-21,23,28,31,34-37,41,52-53,56-57,71,76,84H,12-19,22,24-27H2,1-11H3,(H2,63,77)(H2,64,78)(H2,65,79)(H2,66,80)(H2,67,81)(H2,68,82)(H,69,83)(H,85,86)/b38-23?,50-32?,55-33+/t31-,34-,35-,36-,37+,41-,52-,53-,56-,57+,59-,60+,61+,62+/m1/s1. The molecule has 8 bridgehead atoms. The zero-order valence-corrected chi connectivity index (χ0v) is 54.1. The van der Waals surface area contributed by atoms with Crippen molar-refractivity contribution in [3.63, 3.8) is 0 Å². The third kappa shape index (κ3) is 13.0. The lowest BCUT2D eigenvalue weighted by Gasteiger charge is -2.48. The molecule has 7 amide bonds. The maximum absolute atomic E-state index is 14.4. The predicted molar refractivity (Wildman–Crippen MR) is 334 cm³/mol. The number of aliphatic imine (C=N–C) groups is 3. The number of phosphoric ester groups is 1. The van der Waals surface area contributed by atoms with Gasteiger partial charge < -0.3 is 69.4 Å². The second-order valence-corrected chi connectivity index (χ2v) is 28.4. The second-order valence-electron chi connectivity index (χ2n) is 27.1. The number of imidazole rings is 1. The van der Waals surface area contributed by atoms with Crippen LogP contribution in [-0.2, 0) is 51.9 Å². The fraction of sp³-hybridized carbons (Fsp3) is 0.629. The number of aliphatic hydroxyl groups is 2. The summed E-state index contributed by atoms with van der Waals surface area (Å²) in [4.78, 5) is 126. The molecule has 27 nitrogen and oxygen atoms in total. The fourth-order valence-electron chi connectivity index (χ4n) is 15.4. The maximum Gasteiger partial charge on any atom is 0.472 e. The van der Waals surface area contributed by atoms with Crippen molar-refractivity contribution < 1.29 is 67.0 Å². The van der Waals surface area contributed by atoms with Crippen molar-refractivity contribution in [3.05, 3.63) is 63.9 Å². The van der Waals surface area contributed by atoms with E-state index in [1.54, 1.807) is 4.57 Å². The molecule has 0 aliphatic carbocycles. The molecule has 90 heavy (non-hydrogen) atoms. The molecular formula is C62H90N13O14P. The van der Waals surface area contributed by atoms with Gasteiger partial charge in [0.2, 0.25) is 41.4 Å². The zero-order chi connectivity index (χ0) is 66.7. The Morgan fingerprint density at radius 2 is 1.40 bits per heavy atom. The molecule has 28 heteroatoms. The Balaban J connectivity index is 1.19. The molecule has 1 aromatic heterocycles. The molecule has 1 aromatic carbocycles. The summed E-state index contributed by atoms with van der Waals surface area (Å²) in [5.41, 5.74) is 37.4. The van der Waals surface area contributed by atoms with Crippen LogP contribution in [-0.4, -0.2) is 132 Å². The van der Waals surface area contributed by atoms with Crippen molar-refractivity contribution in [1.29, 1.82) is 0 Å². The number of amides is 7. The number of phosphoric acid groups is 1. The number of allylic oxidation sites excluding steroid dienone is 6. The van der Waals surface area contributed by atoms with E-state index in [0.29, 0.717) is 56.4 Å². The van der Waals surface area contributed by atoms with Gasteiger partial charge in [0.05, 0.1) is 41.7 Å². The molecular weight excluding hydrogens is 1180 g/mol. The van der Waals surface area contributed by atoms with Gasteiger partial charge in [0.1, 0.15) is 18.3 Å². The lowest BCUT2D eigenvalue weighted by atomic mass is 9.55. The highest BCUT2D eigenvalue weighted by atomic mass is 31.2. The number of nitrogens with zero attached hydrogens (tertiary/aromatic N) is 5. The zero-order valence-electron chi connectivity index (χ0n) is 53.3. The van der Waals surface area contributed by atoms with Gasteiger partial charge >= 0.3 is 7.82 Å². The smallest absolute Gasteiger partial charge is 0.394 e. The van der Waals surface area contributed by atoms with E-state index < -0.39 is 143 Å². The van der Waals surface area contributed by atoms with Crippen molar-refractivity contribution in [3.8, 4) is 0 Å². The van der Waals surface area contributed by atoms with Gasteiger partial charge in [-0.1, -0.05) is 34.6 Å². The van der Waals surface area contributed by atoms with Crippen molar-refractivity contribution in [2.75, 3.05) is 13.2 Å². The molecule has 2 aromatic rings. The lowest BCUT2D eigenvalue weighted by Crippen LogP contribution is -2.56. The summed E-state index contributed by atoms with van der Waals surface area (Å²) in [6.07, 6.45) is -4.26. The molecule has 492 valence electrons. The average Bonchev–Trinajstić information content (AvgIpc) is 1.53. The van der Waals surface area contributed by atoms with Crippen LogP contribution in [0.25, 0.3) is 11.0 Å². The van der Waals surface area contributed by atoms with Crippen LogP contribution in [0.2, 0.25) is 0 Å². The molecule has 0 saturated carbocycles. The summed E-state index contributed by atoms with van der Waals surface area (Å²) in [5.74, 6) is -7.18. The van der Waals surface area contributed by atoms with Crippen molar-refractivity contribution in [2.45, 2.75) is 189 Å². The van der Waals surface area contributed by atoms with Crippen LogP contribution in [0, 0.1) is 59.2 Å². The first-order chi connectivity index (χ1) is 41.8. The first-order valence-electron chi connectivity index (χ1n) is 30.6. The number of hydrogen-bond acceptors (Lipinski definition) is 18. The first-order valence-corrected chi connectivity index (χ1v) is 32.1. The van der Waals surface area contributed by atoms with Crippen molar-refractivity contribution in [2.24, 2.45) is 94.7 Å². The lowest BCUT2D eigenvalue weighted by molar-refractivity contribution is -0.124. The Morgan fingerprint density at radius 3 is 1.99 bits per heavy atom. The minimum absolute atomic E-state index is 0.0114. The number of rotatable bonds is 26. The summed E-state index contributed by atoms with van der Waals surface area (Å²) in [7, 11) is -5.07. The maximum atomic E-state index is 14.4. The van der Waals surface area contributed by atoms with E-state index in [1.807, 2.05) is 87.4 Å². The van der Waals surface area contributed by atoms with Crippen LogP contribution in [0.5, 0.6) is 0 Å². The van der Waals surface area contributed by atoms with Crippen LogP contribution >= 0.6 is 7.82 Å². The first kappa shape index (κ1) is 68.9. The Kier molecular flexibility index (Phi) is 19.6. The van der Waals surface area contributed by atoms with Crippen LogP contribution in [0.4, 0.5) is 0 Å². The molecule has 7 heterocycles.